The van der Waals surface area contributed by atoms with Gasteiger partial charge in [0.15, 0.2) is 0 Å². The Kier molecular flexibility index (Phi) is 8.30. The second-order valence-electron chi connectivity index (χ2n) is 6.53. The number of sulfonamides is 1. The Labute approximate surface area is 178 Å². The minimum atomic E-state index is -3.75. The van der Waals surface area contributed by atoms with Crippen LogP contribution in [0.15, 0.2) is 51.8 Å². The molecule has 158 valence electrons. The van der Waals surface area contributed by atoms with E-state index in [1.54, 1.807) is 19.1 Å². The highest BCUT2D eigenvalue weighted by Crippen LogP contribution is 2.18. The number of halogens is 3. The molecule has 0 aliphatic rings. The molecule has 0 fully saturated rings. The van der Waals surface area contributed by atoms with Crippen molar-refractivity contribution in [3.05, 3.63) is 64.1 Å². The van der Waals surface area contributed by atoms with Gasteiger partial charge in [0, 0.05) is 43.1 Å². The first-order chi connectivity index (χ1) is 13.6. The van der Waals surface area contributed by atoms with Crippen LogP contribution < -0.4 is 0 Å². The molecule has 0 N–H and O–H groups in total. The number of nitrogens with zero attached hydrogens (tertiary/aromatic N) is 2. The van der Waals surface area contributed by atoms with E-state index in [9.17, 15) is 22.0 Å². The van der Waals surface area contributed by atoms with Crippen LogP contribution in [0.1, 0.15) is 25.3 Å². The summed E-state index contributed by atoms with van der Waals surface area (Å²) in [4.78, 5) is 14.0. The molecule has 2 aromatic rings. The highest BCUT2D eigenvalue weighted by atomic mass is 79.9. The lowest BCUT2D eigenvalue weighted by Crippen LogP contribution is -2.32. The van der Waals surface area contributed by atoms with Gasteiger partial charge in [-0.15, -0.1) is 0 Å². The van der Waals surface area contributed by atoms with Crippen molar-refractivity contribution in [2.75, 3.05) is 20.1 Å². The molecular weight excluding hydrogens is 466 g/mol. The summed E-state index contributed by atoms with van der Waals surface area (Å²) >= 11 is 3.29. The second-order valence-corrected chi connectivity index (χ2v) is 9.49. The monoisotopic (exact) mass is 488 g/mol. The summed E-state index contributed by atoms with van der Waals surface area (Å²) in [6.45, 7) is 2.49. The fourth-order valence-electron chi connectivity index (χ4n) is 2.76. The summed E-state index contributed by atoms with van der Waals surface area (Å²) in [5, 5.41) is 0. The first-order valence-electron chi connectivity index (χ1n) is 9.08. The van der Waals surface area contributed by atoms with Crippen LogP contribution in [-0.2, 0) is 21.4 Å². The maximum Gasteiger partial charge on any atom is 0.242 e. The van der Waals surface area contributed by atoms with Gasteiger partial charge in [-0.05, 0) is 55.8 Å². The molecule has 2 rings (SSSR count). The largest absolute Gasteiger partial charge is 0.339 e. The standard InChI is InChI=1S/C20H23BrF2N2O3S/c1-3-25(14-15-13-16(21)6-11-19(15)23)20(26)5-4-12-24(2)29(27,28)18-9-7-17(22)8-10-18/h6-11,13H,3-5,12,14H2,1-2H3. The lowest BCUT2D eigenvalue weighted by molar-refractivity contribution is -0.131. The predicted octanol–water partition coefficient (Wildman–Crippen LogP) is 4.18. The van der Waals surface area contributed by atoms with Crippen LogP contribution in [0.2, 0.25) is 0 Å². The molecule has 5 nitrogen and oxygen atoms in total. The summed E-state index contributed by atoms with van der Waals surface area (Å²) in [5.41, 5.74) is 0.408. The average Bonchev–Trinajstić information content (AvgIpc) is 2.68. The van der Waals surface area contributed by atoms with Gasteiger partial charge in [-0.2, -0.15) is 0 Å². The Morgan fingerprint density at radius 3 is 2.38 bits per heavy atom. The molecule has 1 amide bonds. The van der Waals surface area contributed by atoms with Crippen molar-refractivity contribution in [1.82, 2.24) is 9.21 Å². The van der Waals surface area contributed by atoms with E-state index in [0.29, 0.717) is 18.5 Å². The Balaban J connectivity index is 1.93. The van der Waals surface area contributed by atoms with Crippen LogP contribution >= 0.6 is 15.9 Å². The Hall–Kier alpha value is -1.84. The number of benzene rings is 2. The van der Waals surface area contributed by atoms with E-state index in [2.05, 4.69) is 15.9 Å². The van der Waals surface area contributed by atoms with Gasteiger partial charge in [-0.25, -0.2) is 21.5 Å². The van der Waals surface area contributed by atoms with Crippen molar-refractivity contribution in [3.8, 4) is 0 Å². The second kappa shape index (κ2) is 10.3. The fourth-order valence-corrected chi connectivity index (χ4v) is 4.38. The molecule has 29 heavy (non-hydrogen) atoms. The highest BCUT2D eigenvalue weighted by molar-refractivity contribution is 9.10. The van der Waals surface area contributed by atoms with Gasteiger partial charge in [0.05, 0.1) is 4.90 Å². The smallest absolute Gasteiger partial charge is 0.242 e. The molecular formula is C20H23BrF2N2O3S. The zero-order chi connectivity index (χ0) is 21.6. The molecule has 0 saturated heterocycles. The summed E-state index contributed by atoms with van der Waals surface area (Å²) in [5.74, 6) is -1.08. The number of hydrogen-bond donors (Lipinski definition) is 0. The topological polar surface area (TPSA) is 57.7 Å². The molecule has 0 bridgehead atoms. The van der Waals surface area contributed by atoms with Crippen LogP contribution in [-0.4, -0.2) is 43.7 Å². The summed E-state index contributed by atoms with van der Waals surface area (Å²) < 4.78 is 53.8. The zero-order valence-electron chi connectivity index (χ0n) is 16.2. The number of amides is 1. The van der Waals surface area contributed by atoms with Crippen molar-refractivity contribution in [2.45, 2.75) is 31.2 Å². The van der Waals surface area contributed by atoms with Crippen molar-refractivity contribution in [2.24, 2.45) is 0 Å². The third kappa shape index (κ3) is 6.32. The van der Waals surface area contributed by atoms with Gasteiger partial charge in [0.2, 0.25) is 15.9 Å². The van der Waals surface area contributed by atoms with Crippen molar-refractivity contribution in [1.29, 1.82) is 0 Å². The zero-order valence-corrected chi connectivity index (χ0v) is 18.6. The van der Waals surface area contributed by atoms with E-state index < -0.39 is 15.8 Å². The third-order valence-electron chi connectivity index (χ3n) is 4.49. The van der Waals surface area contributed by atoms with Gasteiger partial charge in [-0.3, -0.25) is 4.79 Å². The van der Waals surface area contributed by atoms with E-state index in [0.717, 1.165) is 20.9 Å². The molecule has 0 radical (unpaired) electrons. The average molecular weight is 489 g/mol. The van der Waals surface area contributed by atoms with Gasteiger partial charge in [0.1, 0.15) is 11.6 Å². The Bertz CT molecular complexity index is 953. The van der Waals surface area contributed by atoms with Crippen molar-refractivity contribution >= 4 is 31.9 Å². The molecule has 0 aliphatic carbocycles. The van der Waals surface area contributed by atoms with E-state index in [1.807, 2.05) is 0 Å². The SMILES string of the molecule is CCN(Cc1cc(Br)ccc1F)C(=O)CCCN(C)S(=O)(=O)c1ccc(F)cc1. The lowest BCUT2D eigenvalue weighted by atomic mass is 10.2. The molecule has 2 aromatic carbocycles. The van der Waals surface area contributed by atoms with Crippen LogP contribution in [0.4, 0.5) is 8.78 Å². The molecule has 0 heterocycles. The molecule has 0 aliphatic heterocycles. The van der Waals surface area contributed by atoms with Gasteiger partial charge in [-0.1, -0.05) is 15.9 Å². The van der Waals surface area contributed by atoms with Gasteiger partial charge < -0.3 is 4.90 Å². The van der Waals surface area contributed by atoms with Crippen LogP contribution in [0.5, 0.6) is 0 Å². The predicted molar refractivity (Wildman–Crippen MR) is 111 cm³/mol. The summed E-state index contributed by atoms with van der Waals surface area (Å²) in [6.07, 6.45) is 0.444. The minimum Gasteiger partial charge on any atom is -0.339 e. The molecule has 0 aromatic heterocycles. The first kappa shape index (κ1) is 23.4. The van der Waals surface area contributed by atoms with Crippen LogP contribution in [0.3, 0.4) is 0 Å². The van der Waals surface area contributed by atoms with Crippen molar-refractivity contribution in [3.63, 3.8) is 0 Å². The normalized spacial score (nSPS) is 11.7. The number of carbonyl (C=O) groups is 1. The fraction of sp³-hybridized carbons (Fsp3) is 0.350. The molecule has 9 heteroatoms. The van der Waals surface area contributed by atoms with Crippen LogP contribution in [0, 0.1) is 11.6 Å². The molecule has 0 unspecified atom stereocenters. The van der Waals surface area contributed by atoms with Crippen LogP contribution in [0.25, 0.3) is 0 Å². The third-order valence-corrected chi connectivity index (χ3v) is 6.85. The van der Waals surface area contributed by atoms with Crippen molar-refractivity contribution < 1.29 is 22.0 Å². The van der Waals surface area contributed by atoms with E-state index in [-0.39, 0.29) is 36.1 Å². The molecule has 0 saturated carbocycles. The Morgan fingerprint density at radius 1 is 1.10 bits per heavy atom. The van der Waals surface area contributed by atoms with Gasteiger partial charge in [0.25, 0.3) is 0 Å². The van der Waals surface area contributed by atoms with E-state index in [4.69, 9.17) is 0 Å². The minimum absolute atomic E-state index is 0.00644. The van der Waals surface area contributed by atoms with Gasteiger partial charge >= 0.3 is 0 Å². The van der Waals surface area contributed by atoms with E-state index >= 15 is 0 Å². The summed E-state index contributed by atoms with van der Waals surface area (Å²) in [7, 11) is -2.34. The van der Waals surface area contributed by atoms with E-state index in [1.165, 1.54) is 30.1 Å². The molecule has 0 atom stereocenters. The number of carbonyl (C=O) groups excluding carboxylic acids is 1. The first-order valence-corrected chi connectivity index (χ1v) is 11.3. The number of rotatable bonds is 9. The Morgan fingerprint density at radius 2 is 1.76 bits per heavy atom. The molecule has 0 spiro atoms. The number of hydrogen-bond acceptors (Lipinski definition) is 3. The quantitative estimate of drug-likeness (QED) is 0.531. The highest BCUT2D eigenvalue weighted by Gasteiger charge is 2.21. The maximum atomic E-state index is 13.9. The summed E-state index contributed by atoms with van der Waals surface area (Å²) in [6, 6.07) is 9.15. The lowest BCUT2D eigenvalue weighted by Gasteiger charge is -2.22. The maximum absolute atomic E-state index is 13.9.